The number of esters is 1. The Morgan fingerprint density at radius 2 is 1.97 bits per heavy atom. The fraction of sp³-hybridized carbons (Fsp3) is 0.348. The molecule has 0 bridgehead atoms. The molecule has 0 spiro atoms. The van der Waals surface area contributed by atoms with Crippen LogP contribution in [0.25, 0.3) is 6.08 Å². The topological polar surface area (TPSA) is 80.6 Å². The second-order valence-corrected chi connectivity index (χ2v) is 7.83. The van der Waals surface area contributed by atoms with E-state index in [2.05, 4.69) is 22.9 Å². The maximum absolute atomic E-state index is 12.8. The van der Waals surface area contributed by atoms with Crippen LogP contribution in [0, 0.1) is 13.8 Å². The molecule has 30 heavy (non-hydrogen) atoms. The van der Waals surface area contributed by atoms with E-state index in [0.29, 0.717) is 17.4 Å². The van der Waals surface area contributed by atoms with E-state index in [1.807, 2.05) is 6.92 Å². The number of fused-ring (bicyclic) bond motifs is 1. The highest BCUT2D eigenvalue weighted by atomic mass is 16.5. The molecule has 2 amide bonds. The molecule has 2 aliphatic rings. The van der Waals surface area contributed by atoms with Crippen LogP contribution in [-0.4, -0.2) is 35.0 Å². The zero-order chi connectivity index (χ0) is 21.4. The van der Waals surface area contributed by atoms with Gasteiger partial charge in [0.25, 0.3) is 5.91 Å². The SMILES string of the molecule is Cc1cc(/C=C/C(=O)O[C@@H](C)C(=O)N2CC(=O)Nc3ccccc32)c(C)n1C1CC1. The molecule has 1 N–H and O–H groups in total. The molecule has 7 nitrogen and oxygen atoms in total. The first-order chi connectivity index (χ1) is 14.3. The van der Waals surface area contributed by atoms with Crippen LogP contribution in [0.5, 0.6) is 0 Å². The van der Waals surface area contributed by atoms with Crippen molar-refractivity contribution in [1.82, 2.24) is 4.57 Å². The van der Waals surface area contributed by atoms with Gasteiger partial charge in [0.2, 0.25) is 5.91 Å². The smallest absolute Gasteiger partial charge is 0.331 e. The van der Waals surface area contributed by atoms with E-state index in [1.165, 1.54) is 36.4 Å². The molecule has 1 aromatic heterocycles. The third-order valence-corrected chi connectivity index (χ3v) is 5.51. The molecule has 7 heteroatoms. The second kappa shape index (κ2) is 7.82. The number of hydrogen-bond donors (Lipinski definition) is 1. The van der Waals surface area contributed by atoms with Gasteiger partial charge in [-0.25, -0.2) is 4.79 Å². The highest BCUT2D eigenvalue weighted by molar-refractivity contribution is 6.11. The molecule has 1 saturated carbocycles. The van der Waals surface area contributed by atoms with E-state index in [1.54, 1.807) is 30.3 Å². The first-order valence-electron chi connectivity index (χ1n) is 10.1. The van der Waals surface area contributed by atoms with Gasteiger partial charge in [0.05, 0.1) is 11.4 Å². The number of amides is 2. The normalized spacial score (nSPS) is 16.9. The lowest BCUT2D eigenvalue weighted by atomic mass is 10.1. The number of benzene rings is 1. The van der Waals surface area contributed by atoms with Crippen LogP contribution in [0.15, 0.2) is 36.4 Å². The number of aromatic nitrogens is 1. The number of para-hydroxylation sites is 2. The predicted octanol–water partition coefficient (Wildman–Crippen LogP) is 3.37. The van der Waals surface area contributed by atoms with Crippen LogP contribution in [0.1, 0.15) is 42.8 Å². The van der Waals surface area contributed by atoms with E-state index in [4.69, 9.17) is 4.74 Å². The maximum Gasteiger partial charge on any atom is 0.331 e. The number of ether oxygens (including phenoxy) is 1. The maximum atomic E-state index is 12.8. The monoisotopic (exact) mass is 407 g/mol. The van der Waals surface area contributed by atoms with E-state index in [-0.39, 0.29) is 12.5 Å². The van der Waals surface area contributed by atoms with Gasteiger partial charge in [-0.2, -0.15) is 0 Å². The molecule has 0 radical (unpaired) electrons. The Balaban J connectivity index is 1.43. The molecule has 1 aliphatic carbocycles. The fourth-order valence-corrected chi connectivity index (χ4v) is 3.94. The minimum Gasteiger partial charge on any atom is -0.449 e. The van der Waals surface area contributed by atoms with E-state index >= 15 is 0 Å². The summed E-state index contributed by atoms with van der Waals surface area (Å²) in [6, 6.07) is 9.66. The van der Waals surface area contributed by atoms with Gasteiger partial charge in [-0.15, -0.1) is 0 Å². The Kier molecular flexibility index (Phi) is 5.20. The Morgan fingerprint density at radius 3 is 2.70 bits per heavy atom. The van der Waals surface area contributed by atoms with Crippen molar-refractivity contribution < 1.29 is 19.1 Å². The summed E-state index contributed by atoms with van der Waals surface area (Å²) in [7, 11) is 0. The fourth-order valence-electron chi connectivity index (χ4n) is 3.94. The largest absolute Gasteiger partial charge is 0.449 e. The van der Waals surface area contributed by atoms with Crippen molar-refractivity contribution in [3.63, 3.8) is 0 Å². The van der Waals surface area contributed by atoms with Crippen molar-refractivity contribution in [2.75, 3.05) is 16.8 Å². The average Bonchev–Trinajstić information content (AvgIpc) is 3.50. The molecule has 2 heterocycles. The van der Waals surface area contributed by atoms with Crippen LogP contribution >= 0.6 is 0 Å². The molecule has 1 aromatic carbocycles. The second-order valence-electron chi connectivity index (χ2n) is 7.83. The third kappa shape index (κ3) is 3.87. The Morgan fingerprint density at radius 1 is 1.23 bits per heavy atom. The first-order valence-corrected chi connectivity index (χ1v) is 10.1. The number of nitrogens with one attached hydrogen (secondary N) is 1. The van der Waals surface area contributed by atoms with Gasteiger partial charge in [-0.3, -0.25) is 14.5 Å². The Hall–Kier alpha value is -3.35. The molecular weight excluding hydrogens is 382 g/mol. The Labute approximate surface area is 175 Å². The minimum atomic E-state index is -1.01. The minimum absolute atomic E-state index is 0.110. The van der Waals surface area contributed by atoms with E-state index in [9.17, 15) is 14.4 Å². The quantitative estimate of drug-likeness (QED) is 0.609. The van der Waals surface area contributed by atoms with Crippen molar-refractivity contribution in [2.24, 2.45) is 0 Å². The van der Waals surface area contributed by atoms with Crippen molar-refractivity contribution in [2.45, 2.75) is 45.8 Å². The molecule has 2 aromatic rings. The summed E-state index contributed by atoms with van der Waals surface area (Å²) in [5.41, 5.74) is 4.42. The molecule has 1 atom stereocenters. The van der Waals surface area contributed by atoms with Gasteiger partial charge in [0, 0.05) is 23.5 Å². The number of aryl methyl sites for hydroxylation is 1. The summed E-state index contributed by atoms with van der Waals surface area (Å²) in [5.74, 6) is -1.32. The van der Waals surface area contributed by atoms with Crippen LogP contribution in [0.2, 0.25) is 0 Å². The molecule has 4 rings (SSSR count). The molecule has 156 valence electrons. The van der Waals surface area contributed by atoms with Crippen molar-refractivity contribution >= 4 is 35.2 Å². The summed E-state index contributed by atoms with van der Waals surface area (Å²) in [6.07, 6.45) is 4.45. The molecule has 0 unspecified atom stereocenters. The van der Waals surface area contributed by atoms with Crippen molar-refractivity contribution in [3.05, 3.63) is 53.4 Å². The number of anilines is 2. The number of nitrogens with zero attached hydrogens (tertiary/aromatic N) is 2. The van der Waals surface area contributed by atoms with Crippen molar-refractivity contribution in [1.29, 1.82) is 0 Å². The lowest BCUT2D eigenvalue weighted by Gasteiger charge is -2.30. The number of carbonyl (C=O) groups is 3. The summed E-state index contributed by atoms with van der Waals surface area (Å²) >= 11 is 0. The van der Waals surface area contributed by atoms with Gasteiger partial charge in [-0.1, -0.05) is 12.1 Å². The van der Waals surface area contributed by atoms with Crippen LogP contribution in [0.3, 0.4) is 0 Å². The van der Waals surface area contributed by atoms with Gasteiger partial charge in [-0.05, 0) is 63.5 Å². The Bertz CT molecular complexity index is 1050. The average molecular weight is 407 g/mol. The zero-order valence-corrected chi connectivity index (χ0v) is 17.3. The lowest BCUT2D eigenvalue weighted by molar-refractivity contribution is -0.149. The van der Waals surface area contributed by atoms with Crippen LogP contribution in [-0.2, 0) is 19.1 Å². The van der Waals surface area contributed by atoms with Gasteiger partial charge < -0.3 is 14.6 Å². The summed E-state index contributed by atoms with van der Waals surface area (Å²) < 4.78 is 7.62. The molecule has 1 aliphatic heterocycles. The standard InChI is InChI=1S/C23H25N3O4/c1-14-12-17(15(2)26(14)18-9-10-18)8-11-22(28)30-16(3)23(29)25-13-21(27)24-19-6-4-5-7-20(19)25/h4-8,11-12,16,18H,9-10,13H2,1-3H3,(H,24,27)/b11-8+/t16-/m0/s1. The summed E-state index contributed by atoms with van der Waals surface area (Å²) in [4.78, 5) is 38.4. The number of rotatable bonds is 5. The zero-order valence-electron chi connectivity index (χ0n) is 17.3. The summed E-state index contributed by atoms with van der Waals surface area (Å²) in [6.45, 7) is 5.51. The number of hydrogen-bond acceptors (Lipinski definition) is 4. The molecule has 0 saturated heterocycles. The van der Waals surface area contributed by atoms with E-state index < -0.39 is 18.0 Å². The van der Waals surface area contributed by atoms with Gasteiger partial charge in [0.15, 0.2) is 6.10 Å². The van der Waals surface area contributed by atoms with Gasteiger partial charge in [0.1, 0.15) is 6.54 Å². The number of carbonyl (C=O) groups excluding carboxylic acids is 3. The van der Waals surface area contributed by atoms with Crippen LogP contribution in [0.4, 0.5) is 11.4 Å². The van der Waals surface area contributed by atoms with Crippen molar-refractivity contribution in [3.8, 4) is 0 Å². The third-order valence-electron chi connectivity index (χ3n) is 5.51. The van der Waals surface area contributed by atoms with Crippen LogP contribution < -0.4 is 10.2 Å². The predicted molar refractivity (Wildman–Crippen MR) is 114 cm³/mol. The van der Waals surface area contributed by atoms with E-state index in [0.717, 1.165) is 11.3 Å². The van der Waals surface area contributed by atoms with Gasteiger partial charge >= 0.3 is 5.97 Å². The lowest BCUT2D eigenvalue weighted by Crippen LogP contribution is -2.46. The first kappa shape index (κ1) is 19.9. The molecular formula is C23H25N3O4. The summed E-state index contributed by atoms with van der Waals surface area (Å²) in [5, 5.41) is 2.73. The molecule has 1 fully saturated rings. The highest BCUT2D eigenvalue weighted by Gasteiger charge is 2.31. The highest BCUT2D eigenvalue weighted by Crippen LogP contribution is 2.38.